The van der Waals surface area contributed by atoms with Crippen LogP contribution >= 0.6 is 0 Å². The third-order valence-electron chi connectivity index (χ3n) is 11.7. The number of anilines is 3. The molecule has 0 spiro atoms. The van der Waals surface area contributed by atoms with E-state index in [1.54, 1.807) is 0 Å². The van der Waals surface area contributed by atoms with Crippen molar-refractivity contribution in [3.05, 3.63) is 187 Å². The van der Waals surface area contributed by atoms with E-state index < -0.39 is 0 Å². The lowest BCUT2D eigenvalue weighted by molar-refractivity contribution is 0.660. The molecule has 0 unspecified atom stereocenters. The summed E-state index contributed by atoms with van der Waals surface area (Å²) in [5, 5.41) is 9.78. The van der Waals surface area contributed by atoms with Crippen LogP contribution in [-0.2, 0) is 5.41 Å². The van der Waals surface area contributed by atoms with Gasteiger partial charge in [0.2, 0.25) is 0 Å². The molecule has 0 fully saturated rings. The number of fused-ring (bicyclic) bond motifs is 12. The lowest BCUT2D eigenvalue weighted by Crippen LogP contribution is -2.14. The van der Waals surface area contributed by atoms with Crippen LogP contribution in [0.4, 0.5) is 17.1 Å². The van der Waals surface area contributed by atoms with Crippen LogP contribution < -0.4 is 4.90 Å². The van der Waals surface area contributed by atoms with Gasteiger partial charge in [0, 0.05) is 27.6 Å². The molecule has 11 rings (SSSR count). The number of hydrogen-bond donors (Lipinski definition) is 0. The summed E-state index contributed by atoms with van der Waals surface area (Å²) in [6.45, 7) is 4.69. The van der Waals surface area contributed by atoms with Gasteiger partial charge in [0.15, 0.2) is 5.58 Å². The number of nitrogens with zero attached hydrogens (tertiary/aromatic N) is 1. The molecule has 250 valence electrons. The molecule has 0 atom stereocenters. The molecule has 2 heteroatoms. The Balaban J connectivity index is 1.10. The van der Waals surface area contributed by atoms with Gasteiger partial charge in [-0.05, 0) is 108 Å². The van der Waals surface area contributed by atoms with Gasteiger partial charge >= 0.3 is 0 Å². The van der Waals surface area contributed by atoms with Gasteiger partial charge in [0.05, 0.1) is 5.69 Å². The number of hydrogen-bond acceptors (Lipinski definition) is 2. The summed E-state index contributed by atoms with van der Waals surface area (Å²) in [6, 6.07) is 64.1. The Morgan fingerprint density at radius 1 is 0.396 bits per heavy atom. The van der Waals surface area contributed by atoms with E-state index in [1.807, 2.05) is 6.07 Å². The van der Waals surface area contributed by atoms with Crippen molar-refractivity contribution in [1.82, 2.24) is 0 Å². The highest BCUT2D eigenvalue weighted by atomic mass is 16.3. The molecule has 1 aliphatic carbocycles. The van der Waals surface area contributed by atoms with Crippen molar-refractivity contribution in [3.63, 3.8) is 0 Å². The molecule has 10 aromatic rings. The van der Waals surface area contributed by atoms with Crippen molar-refractivity contribution in [2.75, 3.05) is 4.90 Å². The molecule has 0 N–H and O–H groups in total. The predicted octanol–water partition coefficient (Wildman–Crippen LogP) is 14.5. The van der Waals surface area contributed by atoms with Crippen LogP contribution in [-0.4, -0.2) is 0 Å². The van der Waals surface area contributed by atoms with Gasteiger partial charge in [-0.25, -0.2) is 0 Å². The van der Waals surface area contributed by atoms with E-state index in [-0.39, 0.29) is 5.41 Å². The highest BCUT2D eigenvalue weighted by Gasteiger charge is 2.35. The molecule has 1 heterocycles. The zero-order valence-corrected chi connectivity index (χ0v) is 29.6. The zero-order chi connectivity index (χ0) is 35.3. The van der Waals surface area contributed by atoms with E-state index in [9.17, 15) is 0 Å². The Morgan fingerprint density at radius 2 is 0.962 bits per heavy atom. The highest BCUT2D eigenvalue weighted by molar-refractivity contribution is 6.26. The fourth-order valence-corrected chi connectivity index (χ4v) is 9.06. The summed E-state index contributed by atoms with van der Waals surface area (Å²) in [4.78, 5) is 2.36. The number of furan rings is 1. The third-order valence-corrected chi connectivity index (χ3v) is 11.7. The topological polar surface area (TPSA) is 16.4 Å². The molecule has 0 aliphatic heterocycles. The van der Waals surface area contributed by atoms with E-state index in [0.717, 1.165) is 39.0 Å². The van der Waals surface area contributed by atoms with Crippen LogP contribution in [0.15, 0.2) is 180 Å². The van der Waals surface area contributed by atoms with Gasteiger partial charge in [0.25, 0.3) is 0 Å². The summed E-state index contributed by atoms with van der Waals surface area (Å²) in [6.07, 6.45) is 0. The second-order valence-corrected chi connectivity index (χ2v) is 14.9. The molecular weight excluding hydrogens is 643 g/mol. The Bertz CT molecular complexity index is 3060. The van der Waals surface area contributed by atoms with Crippen LogP contribution in [0, 0.1) is 0 Å². The fourth-order valence-electron chi connectivity index (χ4n) is 9.06. The lowest BCUT2D eigenvalue weighted by atomic mass is 9.81. The monoisotopic (exact) mass is 677 g/mol. The second-order valence-electron chi connectivity index (χ2n) is 14.9. The molecular formula is C51H35NO. The Kier molecular flexibility index (Phi) is 6.33. The molecule has 0 amide bonds. The summed E-state index contributed by atoms with van der Waals surface area (Å²) in [5.74, 6) is 0. The van der Waals surface area contributed by atoms with Gasteiger partial charge in [-0.15, -0.1) is 0 Å². The van der Waals surface area contributed by atoms with Crippen LogP contribution in [0.2, 0.25) is 0 Å². The van der Waals surface area contributed by atoms with E-state index in [2.05, 4.69) is 189 Å². The maximum Gasteiger partial charge on any atom is 0.159 e. The van der Waals surface area contributed by atoms with E-state index in [0.29, 0.717) is 0 Å². The van der Waals surface area contributed by atoms with E-state index in [4.69, 9.17) is 4.42 Å². The van der Waals surface area contributed by atoms with Gasteiger partial charge in [-0.2, -0.15) is 0 Å². The van der Waals surface area contributed by atoms with Crippen LogP contribution in [0.3, 0.4) is 0 Å². The molecule has 0 radical (unpaired) electrons. The normalized spacial score (nSPS) is 13.2. The summed E-state index contributed by atoms with van der Waals surface area (Å²) >= 11 is 0. The molecule has 0 saturated carbocycles. The minimum atomic E-state index is -0.0461. The summed E-state index contributed by atoms with van der Waals surface area (Å²) < 4.78 is 6.66. The third kappa shape index (κ3) is 4.39. The standard InChI is InChI=1S/C51H35NO/c1-51(2)46-19-9-7-16-41(46)42-28-24-33(30-47(42)51)32-22-25-34(26-23-32)52(48-20-11-18-44-43-17-8-10-21-49(43)53-50(44)48)35-27-29-40-38-14-4-3-12-36(38)37-13-5-6-15-39(37)45(40)31-35/h3-31H,1-2H3. The molecule has 0 bridgehead atoms. The van der Waals surface area contributed by atoms with E-state index in [1.165, 1.54) is 65.7 Å². The summed E-state index contributed by atoms with van der Waals surface area (Å²) in [5.41, 5.74) is 12.8. The molecule has 2 nitrogen and oxygen atoms in total. The first-order chi connectivity index (χ1) is 26.0. The first kappa shape index (κ1) is 30.0. The number of para-hydroxylation sites is 2. The minimum Gasteiger partial charge on any atom is -0.454 e. The molecule has 0 saturated heterocycles. The second kappa shape index (κ2) is 11.2. The first-order valence-corrected chi connectivity index (χ1v) is 18.4. The van der Waals surface area contributed by atoms with Gasteiger partial charge in [-0.1, -0.05) is 147 Å². The largest absolute Gasteiger partial charge is 0.454 e. The highest BCUT2D eigenvalue weighted by Crippen LogP contribution is 2.50. The van der Waals surface area contributed by atoms with Gasteiger partial charge in [0.1, 0.15) is 5.58 Å². The number of rotatable bonds is 4. The van der Waals surface area contributed by atoms with Crippen molar-refractivity contribution in [2.24, 2.45) is 0 Å². The smallest absolute Gasteiger partial charge is 0.159 e. The van der Waals surface area contributed by atoms with E-state index >= 15 is 0 Å². The molecule has 1 aliphatic rings. The van der Waals surface area contributed by atoms with Crippen molar-refractivity contribution >= 4 is 71.3 Å². The fraction of sp³-hybridized carbons (Fsp3) is 0.0588. The summed E-state index contributed by atoms with van der Waals surface area (Å²) in [7, 11) is 0. The average Bonchev–Trinajstić information content (AvgIpc) is 3.71. The van der Waals surface area contributed by atoms with Crippen LogP contribution in [0.5, 0.6) is 0 Å². The molecule has 1 aromatic heterocycles. The quantitative estimate of drug-likeness (QED) is 0.172. The lowest BCUT2D eigenvalue weighted by Gasteiger charge is -2.26. The maximum atomic E-state index is 6.66. The van der Waals surface area contributed by atoms with Crippen molar-refractivity contribution < 1.29 is 4.42 Å². The minimum absolute atomic E-state index is 0.0461. The maximum absolute atomic E-state index is 6.66. The Hall–Kier alpha value is -6.64. The molecule has 53 heavy (non-hydrogen) atoms. The predicted molar refractivity (Wildman–Crippen MR) is 224 cm³/mol. The average molecular weight is 678 g/mol. The Morgan fingerprint density at radius 3 is 1.72 bits per heavy atom. The Labute approximate surface area is 308 Å². The number of benzene rings is 9. The van der Waals surface area contributed by atoms with Crippen molar-refractivity contribution in [3.8, 4) is 22.3 Å². The van der Waals surface area contributed by atoms with Gasteiger partial charge < -0.3 is 9.32 Å². The van der Waals surface area contributed by atoms with Crippen LogP contribution in [0.25, 0.3) is 76.5 Å². The van der Waals surface area contributed by atoms with Crippen LogP contribution in [0.1, 0.15) is 25.0 Å². The van der Waals surface area contributed by atoms with Crippen molar-refractivity contribution in [1.29, 1.82) is 0 Å². The first-order valence-electron chi connectivity index (χ1n) is 18.4. The molecule has 9 aromatic carbocycles. The SMILES string of the molecule is CC1(C)c2ccccc2-c2ccc(-c3ccc(N(c4ccc5c6ccccc6c6ccccc6c5c4)c4cccc5c4oc4ccccc45)cc3)cc21. The van der Waals surface area contributed by atoms with Crippen molar-refractivity contribution in [2.45, 2.75) is 19.3 Å². The van der Waals surface area contributed by atoms with Gasteiger partial charge in [-0.3, -0.25) is 0 Å². The zero-order valence-electron chi connectivity index (χ0n) is 29.6.